The van der Waals surface area contributed by atoms with Crippen LogP contribution in [0.1, 0.15) is 34.6 Å². The molecule has 1 aliphatic rings. The van der Waals surface area contributed by atoms with Crippen LogP contribution in [0.2, 0.25) is 0 Å². The van der Waals surface area contributed by atoms with Crippen LogP contribution in [0.25, 0.3) is 32.9 Å². The number of fused-ring (bicyclic) bond motifs is 1. The van der Waals surface area contributed by atoms with Crippen molar-refractivity contribution in [3.63, 3.8) is 0 Å². The maximum Gasteiger partial charge on any atom is 0.282 e. The standard InChI is InChI=1S/C23H20N6OS/c1-28-14-26-18-11-17(13-25-21(18)28)20-19(16-7-5-15(12-24)6-8-16)27-22(31-20)23(30)29-9-3-2-4-10-29/h5-8,11,13-14H,2-4,9-10H2,1H3. The highest BCUT2D eigenvalue weighted by Crippen LogP contribution is 2.38. The molecule has 31 heavy (non-hydrogen) atoms. The molecule has 154 valence electrons. The highest BCUT2D eigenvalue weighted by molar-refractivity contribution is 7.17. The molecular formula is C23H20N6OS. The van der Waals surface area contributed by atoms with E-state index in [-0.39, 0.29) is 5.91 Å². The van der Waals surface area contributed by atoms with Crippen molar-refractivity contribution in [2.75, 3.05) is 13.1 Å². The summed E-state index contributed by atoms with van der Waals surface area (Å²) in [5, 5.41) is 9.61. The van der Waals surface area contributed by atoms with Gasteiger partial charge in [-0.15, -0.1) is 11.3 Å². The van der Waals surface area contributed by atoms with Crippen molar-refractivity contribution in [1.82, 2.24) is 24.4 Å². The van der Waals surface area contributed by atoms with E-state index in [1.165, 1.54) is 17.8 Å². The second-order valence-corrected chi connectivity index (χ2v) is 8.66. The Bertz CT molecular complexity index is 1310. The highest BCUT2D eigenvalue weighted by Gasteiger charge is 2.25. The second-order valence-electron chi connectivity index (χ2n) is 7.66. The molecule has 0 radical (unpaired) electrons. The largest absolute Gasteiger partial charge is 0.337 e. The number of pyridine rings is 1. The molecule has 1 aliphatic heterocycles. The number of aryl methyl sites for hydroxylation is 1. The minimum Gasteiger partial charge on any atom is -0.337 e. The zero-order chi connectivity index (χ0) is 21.4. The Morgan fingerprint density at radius 1 is 1.10 bits per heavy atom. The van der Waals surface area contributed by atoms with Crippen molar-refractivity contribution in [2.24, 2.45) is 7.05 Å². The summed E-state index contributed by atoms with van der Waals surface area (Å²) in [5.74, 6) is -0.0160. The number of rotatable bonds is 3. The molecule has 0 spiro atoms. The monoisotopic (exact) mass is 428 g/mol. The third-order valence-corrected chi connectivity index (χ3v) is 6.65. The first-order chi connectivity index (χ1) is 15.1. The van der Waals surface area contributed by atoms with Crippen LogP contribution >= 0.6 is 11.3 Å². The minimum absolute atomic E-state index is 0.0160. The Balaban J connectivity index is 1.62. The van der Waals surface area contributed by atoms with Crippen LogP contribution < -0.4 is 0 Å². The van der Waals surface area contributed by atoms with E-state index < -0.39 is 0 Å². The number of likely N-dealkylation sites (tertiary alicyclic amines) is 1. The van der Waals surface area contributed by atoms with Crippen molar-refractivity contribution in [3.05, 3.63) is 53.4 Å². The number of carbonyl (C=O) groups is 1. The molecule has 8 heteroatoms. The number of hydrogen-bond donors (Lipinski definition) is 0. The lowest BCUT2D eigenvalue weighted by molar-refractivity contribution is 0.0724. The quantitative estimate of drug-likeness (QED) is 0.487. The average molecular weight is 429 g/mol. The molecule has 7 nitrogen and oxygen atoms in total. The van der Waals surface area contributed by atoms with Gasteiger partial charge in [0, 0.05) is 37.5 Å². The van der Waals surface area contributed by atoms with Crippen molar-refractivity contribution in [3.8, 4) is 27.8 Å². The summed E-state index contributed by atoms with van der Waals surface area (Å²) < 4.78 is 1.87. The zero-order valence-electron chi connectivity index (χ0n) is 17.1. The molecule has 1 aromatic carbocycles. The van der Waals surface area contributed by atoms with E-state index in [4.69, 9.17) is 10.2 Å². The molecule has 0 bridgehead atoms. The topological polar surface area (TPSA) is 87.7 Å². The van der Waals surface area contributed by atoms with Gasteiger partial charge in [0.2, 0.25) is 0 Å². The summed E-state index contributed by atoms with van der Waals surface area (Å²) >= 11 is 1.39. The molecular weight excluding hydrogens is 408 g/mol. The number of thiazole rings is 1. The SMILES string of the molecule is Cn1cnc2cc(-c3sc(C(=O)N4CCCCC4)nc3-c3ccc(C#N)cc3)cnc21. The number of nitriles is 1. The molecule has 4 aromatic rings. The lowest BCUT2D eigenvalue weighted by Gasteiger charge is -2.25. The molecule has 1 amide bonds. The summed E-state index contributed by atoms with van der Waals surface area (Å²) in [7, 11) is 1.91. The van der Waals surface area contributed by atoms with E-state index in [1.807, 2.05) is 34.7 Å². The Morgan fingerprint density at radius 2 is 1.87 bits per heavy atom. The van der Waals surface area contributed by atoms with Gasteiger partial charge in [-0.05, 0) is 37.5 Å². The predicted octanol–water partition coefficient (Wildman–Crippen LogP) is 4.26. The maximum absolute atomic E-state index is 13.1. The van der Waals surface area contributed by atoms with Gasteiger partial charge in [0.1, 0.15) is 5.52 Å². The second kappa shape index (κ2) is 7.93. The smallest absolute Gasteiger partial charge is 0.282 e. The van der Waals surface area contributed by atoms with E-state index in [9.17, 15) is 4.79 Å². The number of carbonyl (C=O) groups excluding carboxylic acids is 1. The Kier molecular flexibility index (Phi) is 4.96. The van der Waals surface area contributed by atoms with Gasteiger partial charge in [0.05, 0.1) is 28.5 Å². The Morgan fingerprint density at radius 3 is 2.61 bits per heavy atom. The number of benzene rings is 1. The number of nitrogens with zero attached hydrogens (tertiary/aromatic N) is 6. The summed E-state index contributed by atoms with van der Waals surface area (Å²) in [5.41, 5.74) is 4.65. The molecule has 0 saturated carbocycles. The normalized spacial score (nSPS) is 14.0. The van der Waals surface area contributed by atoms with Gasteiger partial charge in [0.15, 0.2) is 10.7 Å². The number of aromatic nitrogens is 4. The van der Waals surface area contributed by atoms with E-state index in [0.717, 1.165) is 58.8 Å². The molecule has 1 fully saturated rings. The molecule has 0 aliphatic carbocycles. The van der Waals surface area contributed by atoms with Crippen LogP contribution in [0.5, 0.6) is 0 Å². The fourth-order valence-corrected chi connectivity index (χ4v) is 4.91. The highest BCUT2D eigenvalue weighted by atomic mass is 32.1. The molecule has 1 saturated heterocycles. The fraction of sp³-hybridized carbons (Fsp3) is 0.261. The first-order valence-electron chi connectivity index (χ1n) is 10.2. The molecule has 4 heterocycles. The molecule has 0 N–H and O–H groups in total. The van der Waals surface area contributed by atoms with E-state index in [2.05, 4.69) is 16.0 Å². The number of piperidine rings is 1. The van der Waals surface area contributed by atoms with E-state index >= 15 is 0 Å². The van der Waals surface area contributed by atoms with Crippen LogP contribution in [0.3, 0.4) is 0 Å². The van der Waals surface area contributed by atoms with Crippen molar-refractivity contribution >= 4 is 28.4 Å². The fourth-order valence-electron chi connectivity index (χ4n) is 3.88. The molecule has 0 atom stereocenters. The van der Waals surface area contributed by atoms with Crippen molar-refractivity contribution in [1.29, 1.82) is 5.26 Å². The number of imidazole rings is 1. The van der Waals surface area contributed by atoms with Crippen molar-refractivity contribution < 1.29 is 4.79 Å². The van der Waals surface area contributed by atoms with Gasteiger partial charge in [-0.1, -0.05) is 12.1 Å². The van der Waals surface area contributed by atoms with E-state index in [0.29, 0.717) is 10.6 Å². The first-order valence-corrected chi connectivity index (χ1v) is 11.0. The number of amides is 1. The molecule has 0 unspecified atom stereocenters. The zero-order valence-corrected chi connectivity index (χ0v) is 17.9. The van der Waals surface area contributed by atoms with Crippen LogP contribution in [-0.2, 0) is 7.05 Å². The van der Waals surface area contributed by atoms with Crippen molar-refractivity contribution in [2.45, 2.75) is 19.3 Å². The maximum atomic E-state index is 13.1. The minimum atomic E-state index is -0.0160. The molecule has 5 rings (SSSR count). The van der Waals surface area contributed by atoms with Gasteiger partial charge in [-0.2, -0.15) is 5.26 Å². The van der Waals surface area contributed by atoms with Crippen LogP contribution in [0.4, 0.5) is 0 Å². The van der Waals surface area contributed by atoms with Crippen LogP contribution in [0, 0.1) is 11.3 Å². The molecule has 3 aromatic heterocycles. The van der Waals surface area contributed by atoms with Gasteiger partial charge in [0.25, 0.3) is 5.91 Å². The van der Waals surface area contributed by atoms with Gasteiger partial charge in [-0.3, -0.25) is 4.79 Å². The predicted molar refractivity (Wildman–Crippen MR) is 120 cm³/mol. The Labute approximate surface area is 183 Å². The third-order valence-electron chi connectivity index (χ3n) is 5.55. The van der Waals surface area contributed by atoms with E-state index in [1.54, 1.807) is 24.7 Å². The summed E-state index contributed by atoms with van der Waals surface area (Å²) in [6, 6.07) is 11.4. The Hall–Kier alpha value is -3.57. The van der Waals surface area contributed by atoms with Gasteiger partial charge in [-0.25, -0.2) is 15.0 Å². The summed E-state index contributed by atoms with van der Waals surface area (Å²) in [6.07, 6.45) is 6.78. The summed E-state index contributed by atoms with van der Waals surface area (Å²) in [4.78, 5) is 29.7. The number of hydrogen-bond acceptors (Lipinski definition) is 6. The van der Waals surface area contributed by atoms with Gasteiger partial charge < -0.3 is 9.47 Å². The average Bonchev–Trinajstić information content (AvgIpc) is 3.43. The summed E-state index contributed by atoms with van der Waals surface area (Å²) in [6.45, 7) is 1.56. The third kappa shape index (κ3) is 3.57. The first kappa shape index (κ1) is 19.4. The lowest BCUT2D eigenvalue weighted by Crippen LogP contribution is -2.35. The van der Waals surface area contributed by atoms with Crippen LogP contribution in [-0.4, -0.2) is 43.4 Å². The van der Waals surface area contributed by atoms with Gasteiger partial charge >= 0.3 is 0 Å². The van der Waals surface area contributed by atoms with Crippen LogP contribution in [0.15, 0.2) is 42.9 Å². The lowest BCUT2D eigenvalue weighted by atomic mass is 10.1.